The summed E-state index contributed by atoms with van der Waals surface area (Å²) in [6.45, 7) is 0. The zero-order valence-corrected chi connectivity index (χ0v) is 16.3. The monoisotopic (exact) mass is 433 g/mol. The number of carbonyl (C=O) groups excluding carboxylic acids is 2. The van der Waals surface area contributed by atoms with Crippen LogP contribution in [0.5, 0.6) is 0 Å². The van der Waals surface area contributed by atoms with Gasteiger partial charge in [-0.05, 0) is 23.8 Å². The first-order valence-corrected chi connectivity index (χ1v) is 9.54. The third-order valence-electron chi connectivity index (χ3n) is 4.69. The lowest BCUT2D eigenvalue weighted by molar-refractivity contribution is -0.132. The summed E-state index contributed by atoms with van der Waals surface area (Å²) in [5.41, 5.74) is 1.91. The van der Waals surface area contributed by atoms with Crippen molar-refractivity contribution < 1.29 is 14.7 Å². The lowest BCUT2D eigenvalue weighted by Gasteiger charge is -2.25. The van der Waals surface area contributed by atoms with E-state index in [1.165, 1.54) is 4.90 Å². The van der Waals surface area contributed by atoms with Gasteiger partial charge in [-0.2, -0.15) is 0 Å². The first-order chi connectivity index (χ1) is 13.6. The Bertz CT molecular complexity index is 1080. The van der Waals surface area contributed by atoms with E-state index >= 15 is 0 Å². The molecule has 4 rings (SSSR count). The van der Waals surface area contributed by atoms with Crippen LogP contribution >= 0.6 is 15.9 Å². The lowest BCUT2D eigenvalue weighted by Crippen LogP contribution is -2.29. The molecular formula is C23H16BrNO3. The summed E-state index contributed by atoms with van der Waals surface area (Å²) in [5.74, 6) is -1.54. The Labute approximate surface area is 170 Å². The Kier molecular flexibility index (Phi) is 4.84. The molecule has 1 aliphatic rings. The standard InChI is InChI=1S/C23H16BrNO3/c24-17-12-7-13-18(14-17)25-20(15-8-3-1-4-9-15)19(22(27)23(25)28)21(26)16-10-5-2-6-11-16/h1-14,20,26H/b21-19-. The number of benzene rings is 3. The number of anilines is 1. The van der Waals surface area contributed by atoms with Gasteiger partial charge in [0.1, 0.15) is 5.76 Å². The van der Waals surface area contributed by atoms with Gasteiger partial charge in [-0.1, -0.05) is 82.7 Å². The molecule has 0 aromatic heterocycles. The van der Waals surface area contributed by atoms with E-state index in [0.29, 0.717) is 11.3 Å². The lowest BCUT2D eigenvalue weighted by atomic mass is 9.95. The zero-order chi connectivity index (χ0) is 19.7. The number of aliphatic hydroxyl groups is 1. The SMILES string of the molecule is O=C1C(=O)N(c2cccc(Br)c2)C(c2ccccc2)/C1=C(/O)c1ccccc1. The molecule has 1 aliphatic heterocycles. The maximum absolute atomic E-state index is 13.0. The third kappa shape index (κ3) is 3.14. The van der Waals surface area contributed by atoms with E-state index in [9.17, 15) is 14.7 Å². The highest BCUT2D eigenvalue weighted by atomic mass is 79.9. The Balaban J connectivity index is 1.95. The van der Waals surface area contributed by atoms with Gasteiger partial charge in [0.25, 0.3) is 11.7 Å². The second-order valence-electron chi connectivity index (χ2n) is 6.43. The molecule has 1 atom stereocenters. The van der Waals surface area contributed by atoms with Gasteiger partial charge in [0.15, 0.2) is 0 Å². The molecule has 1 N–H and O–H groups in total. The van der Waals surface area contributed by atoms with E-state index in [2.05, 4.69) is 15.9 Å². The van der Waals surface area contributed by atoms with E-state index < -0.39 is 17.7 Å². The molecule has 0 spiro atoms. The minimum absolute atomic E-state index is 0.0855. The quantitative estimate of drug-likeness (QED) is 0.356. The van der Waals surface area contributed by atoms with Crippen molar-refractivity contribution in [1.29, 1.82) is 0 Å². The van der Waals surface area contributed by atoms with Gasteiger partial charge in [0.2, 0.25) is 0 Å². The highest BCUT2D eigenvalue weighted by molar-refractivity contribution is 9.10. The van der Waals surface area contributed by atoms with Crippen LogP contribution in [0.2, 0.25) is 0 Å². The van der Waals surface area contributed by atoms with Crippen molar-refractivity contribution in [3.63, 3.8) is 0 Å². The molecule has 138 valence electrons. The molecule has 1 heterocycles. The number of hydrogen-bond donors (Lipinski definition) is 1. The summed E-state index contributed by atoms with van der Waals surface area (Å²) in [6.07, 6.45) is 0. The predicted molar refractivity (Wildman–Crippen MR) is 112 cm³/mol. The highest BCUT2D eigenvalue weighted by Gasteiger charge is 2.46. The van der Waals surface area contributed by atoms with Gasteiger partial charge in [-0.3, -0.25) is 14.5 Å². The van der Waals surface area contributed by atoms with Crippen LogP contribution < -0.4 is 4.90 Å². The maximum Gasteiger partial charge on any atom is 0.300 e. The smallest absolute Gasteiger partial charge is 0.300 e. The summed E-state index contributed by atoms with van der Waals surface area (Å²) in [6, 6.07) is 24.5. The Morgan fingerprint density at radius 1 is 0.857 bits per heavy atom. The molecule has 1 fully saturated rings. The molecular weight excluding hydrogens is 418 g/mol. The summed E-state index contributed by atoms with van der Waals surface area (Å²) < 4.78 is 0.793. The fraction of sp³-hybridized carbons (Fsp3) is 0.0435. The van der Waals surface area contributed by atoms with Gasteiger partial charge < -0.3 is 5.11 Å². The molecule has 1 saturated heterocycles. The fourth-order valence-electron chi connectivity index (χ4n) is 3.43. The molecule has 4 nitrogen and oxygen atoms in total. The van der Waals surface area contributed by atoms with E-state index in [1.807, 2.05) is 42.5 Å². The maximum atomic E-state index is 13.0. The predicted octanol–water partition coefficient (Wildman–Crippen LogP) is 5.08. The second kappa shape index (κ2) is 7.44. The first-order valence-electron chi connectivity index (χ1n) is 8.75. The molecule has 0 aliphatic carbocycles. The minimum atomic E-state index is -0.712. The van der Waals surface area contributed by atoms with Crippen LogP contribution in [0, 0.1) is 0 Å². The number of halogens is 1. The van der Waals surface area contributed by atoms with Crippen LogP contribution in [0.25, 0.3) is 5.76 Å². The van der Waals surface area contributed by atoms with Crippen LogP contribution in [-0.4, -0.2) is 16.8 Å². The van der Waals surface area contributed by atoms with Crippen molar-refractivity contribution in [2.24, 2.45) is 0 Å². The average Bonchev–Trinajstić information content (AvgIpc) is 3.00. The van der Waals surface area contributed by atoms with E-state index in [0.717, 1.165) is 10.0 Å². The van der Waals surface area contributed by atoms with Gasteiger partial charge in [-0.25, -0.2) is 0 Å². The van der Waals surface area contributed by atoms with Crippen LogP contribution in [0.3, 0.4) is 0 Å². The average molecular weight is 434 g/mol. The molecule has 0 radical (unpaired) electrons. The van der Waals surface area contributed by atoms with E-state index in [4.69, 9.17) is 0 Å². The minimum Gasteiger partial charge on any atom is -0.507 e. The molecule has 3 aromatic carbocycles. The van der Waals surface area contributed by atoms with Crippen molar-refractivity contribution in [2.45, 2.75) is 6.04 Å². The number of ketones is 1. The normalized spacial score (nSPS) is 18.5. The van der Waals surface area contributed by atoms with Crippen LogP contribution in [-0.2, 0) is 9.59 Å². The van der Waals surface area contributed by atoms with Crippen molar-refractivity contribution in [3.8, 4) is 0 Å². The first kappa shape index (κ1) is 18.2. The summed E-state index contributed by atoms with van der Waals surface area (Å²) in [4.78, 5) is 27.4. The number of nitrogens with zero attached hydrogens (tertiary/aromatic N) is 1. The van der Waals surface area contributed by atoms with Crippen LogP contribution in [0.1, 0.15) is 17.2 Å². The molecule has 3 aromatic rings. The highest BCUT2D eigenvalue weighted by Crippen LogP contribution is 2.42. The summed E-state index contributed by atoms with van der Waals surface area (Å²) >= 11 is 3.42. The zero-order valence-electron chi connectivity index (χ0n) is 14.7. The molecule has 0 bridgehead atoms. The van der Waals surface area contributed by atoms with E-state index in [1.54, 1.807) is 42.5 Å². The molecule has 1 unspecified atom stereocenters. The van der Waals surface area contributed by atoms with Crippen molar-refractivity contribution in [3.05, 3.63) is 106 Å². The molecule has 5 heteroatoms. The van der Waals surface area contributed by atoms with Crippen molar-refractivity contribution in [2.75, 3.05) is 4.90 Å². The Hall–Kier alpha value is -3.18. The summed E-state index contributed by atoms with van der Waals surface area (Å²) in [7, 11) is 0. The largest absolute Gasteiger partial charge is 0.507 e. The number of carbonyl (C=O) groups is 2. The molecule has 0 saturated carbocycles. The van der Waals surface area contributed by atoms with Gasteiger partial charge in [0.05, 0.1) is 11.6 Å². The number of rotatable bonds is 3. The number of hydrogen-bond acceptors (Lipinski definition) is 3. The van der Waals surface area contributed by atoms with Crippen LogP contribution in [0.4, 0.5) is 5.69 Å². The van der Waals surface area contributed by atoms with Gasteiger partial charge in [0, 0.05) is 15.7 Å². The van der Waals surface area contributed by atoms with Crippen LogP contribution in [0.15, 0.2) is 95.0 Å². The topological polar surface area (TPSA) is 57.6 Å². The van der Waals surface area contributed by atoms with E-state index in [-0.39, 0.29) is 11.3 Å². The molecule has 28 heavy (non-hydrogen) atoms. The van der Waals surface area contributed by atoms with Crippen molar-refractivity contribution in [1.82, 2.24) is 0 Å². The second-order valence-corrected chi connectivity index (χ2v) is 7.34. The number of aliphatic hydroxyl groups excluding tert-OH is 1. The Morgan fingerprint density at radius 3 is 2.14 bits per heavy atom. The number of amides is 1. The van der Waals surface area contributed by atoms with Crippen molar-refractivity contribution >= 4 is 39.1 Å². The fourth-order valence-corrected chi connectivity index (χ4v) is 3.81. The van der Waals surface area contributed by atoms with Gasteiger partial charge in [-0.15, -0.1) is 0 Å². The molecule has 1 amide bonds. The Morgan fingerprint density at radius 2 is 1.50 bits per heavy atom. The van der Waals surface area contributed by atoms with Gasteiger partial charge >= 0.3 is 0 Å². The number of Topliss-reactive ketones (excluding diaryl/α,β-unsaturated/α-hetero) is 1. The summed E-state index contributed by atoms with van der Waals surface area (Å²) in [5, 5.41) is 10.9. The third-order valence-corrected chi connectivity index (χ3v) is 5.19.